The van der Waals surface area contributed by atoms with Crippen LogP contribution in [0.1, 0.15) is 11.1 Å². The van der Waals surface area contributed by atoms with Gasteiger partial charge in [0.25, 0.3) is 10.0 Å². The first-order valence-corrected chi connectivity index (χ1v) is 8.15. The minimum absolute atomic E-state index is 0.0912. The molecule has 1 heterocycles. The summed E-state index contributed by atoms with van der Waals surface area (Å²) in [5.74, 6) is 0. The van der Waals surface area contributed by atoms with Gasteiger partial charge in [-0.1, -0.05) is 6.07 Å². The predicted molar refractivity (Wildman–Crippen MR) is 85.6 cm³/mol. The Labute approximate surface area is 127 Å². The first kappa shape index (κ1) is 14.4. The summed E-state index contributed by atoms with van der Waals surface area (Å²) >= 11 is 0. The van der Waals surface area contributed by atoms with Crippen molar-refractivity contribution in [3.05, 3.63) is 58.0 Å². The Morgan fingerprint density at radius 1 is 0.909 bits per heavy atom. The van der Waals surface area contributed by atoms with Gasteiger partial charge in [0, 0.05) is 5.69 Å². The average Bonchev–Trinajstić information content (AvgIpc) is 2.81. The number of imidazole rings is 1. The molecule has 6 nitrogen and oxygen atoms in total. The largest absolute Gasteiger partial charge is 0.323 e. The molecular formula is C15H15N3O3S. The van der Waals surface area contributed by atoms with Crippen molar-refractivity contribution < 1.29 is 8.42 Å². The van der Waals surface area contributed by atoms with Crippen molar-refractivity contribution in [2.75, 3.05) is 4.72 Å². The molecule has 0 amide bonds. The molecule has 0 spiro atoms. The molecule has 0 bridgehead atoms. The van der Waals surface area contributed by atoms with Crippen LogP contribution in [0.15, 0.2) is 46.1 Å². The number of sulfonamides is 1. The van der Waals surface area contributed by atoms with Crippen LogP contribution >= 0.6 is 0 Å². The number of aromatic amines is 2. The number of nitrogens with one attached hydrogen (secondary N) is 3. The molecule has 0 aliphatic rings. The van der Waals surface area contributed by atoms with Crippen LogP contribution in [-0.4, -0.2) is 18.4 Å². The van der Waals surface area contributed by atoms with Gasteiger partial charge >= 0.3 is 5.69 Å². The summed E-state index contributed by atoms with van der Waals surface area (Å²) in [5.41, 5.74) is 3.25. The number of hydrogen-bond acceptors (Lipinski definition) is 3. The van der Waals surface area contributed by atoms with E-state index in [1.165, 1.54) is 12.1 Å². The second kappa shape index (κ2) is 5.03. The molecule has 0 fully saturated rings. The average molecular weight is 317 g/mol. The summed E-state index contributed by atoms with van der Waals surface area (Å²) in [7, 11) is -3.71. The van der Waals surface area contributed by atoms with Crippen molar-refractivity contribution in [2.45, 2.75) is 18.7 Å². The molecule has 7 heteroatoms. The van der Waals surface area contributed by atoms with E-state index in [0.29, 0.717) is 16.7 Å². The van der Waals surface area contributed by atoms with Gasteiger partial charge in [-0.2, -0.15) is 0 Å². The Bertz CT molecular complexity index is 1020. The summed E-state index contributed by atoms with van der Waals surface area (Å²) in [6.07, 6.45) is 0. The highest BCUT2D eigenvalue weighted by atomic mass is 32.2. The molecular weight excluding hydrogens is 302 g/mol. The Morgan fingerprint density at radius 3 is 2.36 bits per heavy atom. The third kappa shape index (κ3) is 2.62. The molecule has 114 valence electrons. The number of aryl methyl sites for hydroxylation is 2. The van der Waals surface area contributed by atoms with Crippen molar-refractivity contribution in [3.63, 3.8) is 0 Å². The zero-order valence-electron chi connectivity index (χ0n) is 12.1. The monoisotopic (exact) mass is 317 g/mol. The molecule has 0 saturated carbocycles. The summed E-state index contributed by atoms with van der Waals surface area (Å²) in [5, 5.41) is 0. The van der Waals surface area contributed by atoms with Gasteiger partial charge in [-0.15, -0.1) is 0 Å². The number of aromatic nitrogens is 2. The molecule has 3 rings (SSSR count). The molecule has 0 radical (unpaired) electrons. The number of anilines is 1. The van der Waals surface area contributed by atoms with Crippen molar-refractivity contribution in [1.82, 2.24) is 9.97 Å². The van der Waals surface area contributed by atoms with E-state index in [0.717, 1.165) is 11.1 Å². The van der Waals surface area contributed by atoms with Crippen LogP contribution in [0.25, 0.3) is 11.0 Å². The molecule has 0 saturated heterocycles. The van der Waals surface area contributed by atoms with Gasteiger partial charge in [0.15, 0.2) is 0 Å². The smallest absolute Gasteiger partial charge is 0.306 e. The van der Waals surface area contributed by atoms with Crippen LogP contribution in [0.4, 0.5) is 5.69 Å². The summed E-state index contributed by atoms with van der Waals surface area (Å²) in [6.45, 7) is 3.88. The Morgan fingerprint density at radius 2 is 1.64 bits per heavy atom. The van der Waals surface area contributed by atoms with E-state index >= 15 is 0 Å². The van der Waals surface area contributed by atoms with E-state index in [1.54, 1.807) is 18.2 Å². The lowest BCUT2D eigenvalue weighted by Crippen LogP contribution is -2.13. The van der Waals surface area contributed by atoms with Gasteiger partial charge < -0.3 is 9.97 Å². The van der Waals surface area contributed by atoms with E-state index in [2.05, 4.69) is 14.7 Å². The Kier molecular flexibility index (Phi) is 3.29. The lowest BCUT2D eigenvalue weighted by molar-refractivity contribution is 0.601. The second-order valence-electron chi connectivity index (χ2n) is 5.19. The maximum absolute atomic E-state index is 12.4. The lowest BCUT2D eigenvalue weighted by Gasteiger charge is -2.10. The molecule has 22 heavy (non-hydrogen) atoms. The van der Waals surface area contributed by atoms with Gasteiger partial charge in [0.2, 0.25) is 0 Å². The SMILES string of the molecule is Cc1ccc(NS(=O)(=O)c2ccc3[nH]c(=O)[nH]c3c2)cc1C. The van der Waals surface area contributed by atoms with Gasteiger partial charge in [-0.05, 0) is 55.3 Å². The second-order valence-corrected chi connectivity index (χ2v) is 6.87. The fourth-order valence-corrected chi connectivity index (χ4v) is 3.27. The molecule has 0 unspecified atom stereocenters. The number of benzene rings is 2. The van der Waals surface area contributed by atoms with Crippen molar-refractivity contribution in [3.8, 4) is 0 Å². The van der Waals surface area contributed by atoms with Gasteiger partial charge in [-0.25, -0.2) is 13.2 Å². The van der Waals surface area contributed by atoms with E-state index in [9.17, 15) is 13.2 Å². The third-order valence-corrected chi connectivity index (χ3v) is 4.94. The minimum atomic E-state index is -3.71. The topological polar surface area (TPSA) is 94.8 Å². The van der Waals surface area contributed by atoms with Gasteiger partial charge in [0.05, 0.1) is 15.9 Å². The quantitative estimate of drug-likeness (QED) is 0.691. The highest BCUT2D eigenvalue weighted by molar-refractivity contribution is 7.92. The fraction of sp³-hybridized carbons (Fsp3) is 0.133. The van der Waals surface area contributed by atoms with Crippen LogP contribution < -0.4 is 10.4 Å². The standard InChI is InChI=1S/C15H15N3O3S/c1-9-3-4-11(7-10(9)2)18-22(20,21)12-5-6-13-14(8-12)17-15(19)16-13/h3-8,18H,1-2H3,(H2,16,17,19). The zero-order chi connectivity index (χ0) is 15.9. The normalized spacial score (nSPS) is 11.7. The lowest BCUT2D eigenvalue weighted by atomic mass is 10.1. The zero-order valence-corrected chi connectivity index (χ0v) is 12.9. The molecule has 1 aromatic heterocycles. The van der Waals surface area contributed by atoms with Crippen LogP contribution in [0.3, 0.4) is 0 Å². The van der Waals surface area contributed by atoms with E-state index in [4.69, 9.17) is 0 Å². The van der Waals surface area contributed by atoms with Crippen LogP contribution in [0.5, 0.6) is 0 Å². The summed E-state index contributed by atoms with van der Waals surface area (Å²) < 4.78 is 27.4. The summed E-state index contributed by atoms with van der Waals surface area (Å²) in [6, 6.07) is 9.80. The molecule has 0 aliphatic carbocycles. The van der Waals surface area contributed by atoms with Gasteiger partial charge in [-0.3, -0.25) is 4.72 Å². The van der Waals surface area contributed by atoms with Crippen molar-refractivity contribution in [2.24, 2.45) is 0 Å². The highest BCUT2D eigenvalue weighted by Crippen LogP contribution is 2.20. The number of H-pyrrole nitrogens is 2. The molecule has 3 N–H and O–H groups in total. The van der Waals surface area contributed by atoms with E-state index in [1.807, 2.05) is 19.9 Å². The maximum Gasteiger partial charge on any atom is 0.323 e. The fourth-order valence-electron chi connectivity index (χ4n) is 2.20. The van der Waals surface area contributed by atoms with Crippen LogP contribution in [0, 0.1) is 13.8 Å². The van der Waals surface area contributed by atoms with E-state index in [-0.39, 0.29) is 10.6 Å². The van der Waals surface area contributed by atoms with Crippen LogP contribution in [-0.2, 0) is 10.0 Å². The predicted octanol–water partition coefficient (Wildman–Crippen LogP) is 2.27. The Hall–Kier alpha value is -2.54. The van der Waals surface area contributed by atoms with Gasteiger partial charge in [0.1, 0.15) is 0 Å². The number of hydrogen-bond donors (Lipinski definition) is 3. The van der Waals surface area contributed by atoms with Crippen LogP contribution in [0.2, 0.25) is 0 Å². The number of rotatable bonds is 3. The Balaban J connectivity index is 1.99. The molecule has 3 aromatic rings. The summed E-state index contributed by atoms with van der Waals surface area (Å²) in [4.78, 5) is 16.4. The van der Waals surface area contributed by atoms with Crippen molar-refractivity contribution in [1.29, 1.82) is 0 Å². The molecule has 0 aliphatic heterocycles. The maximum atomic E-state index is 12.4. The number of fused-ring (bicyclic) bond motifs is 1. The van der Waals surface area contributed by atoms with Crippen molar-refractivity contribution >= 4 is 26.7 Å². The first-order chi connectivity index (χ1) is 10.3. The third-order valence-electron chi connectivity index (χ3n) is 3.56. The molecule has 2 aromatic carbocycles. The minimum Gasteiger partial charge on any atom is -0.306 e. The highest BCUT2D eigenvalue weighted by Gasteiger charge is 2.15. The first-order valence-electron chi connectivity index (χ1n) is 6.67. The molecule has 0 atom stereocenters. The van der Waals surface area contributed by atoms with E-state index < -0.39 is 10.0 Å².